The standard InChI is InChI=1S/C17H17ClN4O4/c18-10-5-11(15(23)19-6-10)16(24)21-4-3-13-12(8-21)14(17(25)26)20-22(13)7-9-1-2-9/h5-6,9H,1-4,7-8H2,(H,19,23)(H,25,26). The van der Waals surface area contributed by atoms with E-state index in [0.717, 1.165) is 25.1 Å². The number of rotatable bonds is 4. The number of H-pyrrole nitrogens is 1. The highest BCUT2D eigenvalue weighted by Crippen LogP contribution is 2.32. The molecule has 0 atom stereocenters. The first kappa shape index (κ1) is 16.8. The van der Waals surface area contributed by atoms with Gasteiger partial charge >= 0.3 is 5.97 Å². The van der Waals surface area contributed by atoms with E-state index in [9.17, 15) is 19.5 Å². The maximum Gasteiger partial charge on any atom is 0.356 e. The quantitative estimate of drug-likeness (QED) is 0.841. The molecule has 1 fully saturated rings. The van der Waals surface area contributed by atoms with Gasteiger partial charge in [-0.25, -0.2) is 4.79 Å². The summed E-state index contributed by atoms with van der Waals surface area (Å²) in [4.78, 5) is 40.1. The summed E-state index contributed by atoms with van der Waals surface area (Å²) in [6.07, 6.45) is 4.10. The average Bonchev–Trinajstić information content (AvgIpc) is 3.36. The summed E-state index contributed by atoms with van der Waals surface area (Å²) in [7, 11) is 0. The lowest BCUT2D eigenvalue weighted by Gasteiger charge is -2.27. The fraction of sp³-hybridized carbons (Fsp3) is 0.412. The normalized spacial score (nSPS) is 16.4. The number of hydrogen-bond donors (Lipinski definition) is 2. The summed E-state index contributed by atoms with van der Waals surface area (Å²) in [5.74, 6) is -1.01. The number of aromatic nitrogens is 3. The van der Waals surface area contributed by atoms with Crippen LogP contribution in [0, 0.1) is 5.92 Å². The Morgan fingerprint density at radius 2 is 2.15 bits per heavy atom. The molecule has 4 rings (SSSR count). The second-order valence-corrected chi connectivity index (χ2v) is 7.18. The number of nitrogens with one attached hydrogen (secondary N) is 1. The Hall–Kier alpha value is -2.61. The van der Waals surface area contributed by atoms with Crippen LogP contribution in [0.5, 0.6) is 0 Å². The number of carboxylic acid groups (broad SMARTS) is 1. The number of carbonyl (C=O) groups excluding carboxylic acids is 1. The number of carboxylic acids is 1. The van der Waals surface area contributed by atoms with Gasteiger partial charge in [-0.05, 0) is 24.8 Å². The molecule has 1 saturated carbocycles. The lowest BCUT2D eigenvalue weighted by atomic mass is 10.0. The van der Waals surface area contributed by atoms with Crippen molar-refractivity contribution in [2.45, 2.75) is 32.4 Å². The van der Waals surface area contributed by atoms with Crippen molar-refractivity contribution in [3.63, 3.8) is 0 Å². The maximum atomic E-state index is 12.7. The first-order valence-electron chi connectivity index (χ1n) is 8.43. The molecule has 2 aromatic heterocycles. The Kier molecular flexibility index (Phi) is 4.07. The van der Waals surface area contributed by atoms with E-state index < -0.39 is 17.4 Å². The van der Waals surface area contributed by atoms with E-state index in [-0.39, 0.29) is 22.8 Å². The van der Waals surface area contributed by atoms with Crippen LogP contribution in [0.2, 0.25) is 5.02 Å². The van der Waals surface area contributed by atoms with Crippen LogP contribution < -0.4 is 5.56 Å². The van der Waals surface area contributed by atoms with Crippen molar-refractivity contribution >= 4 is 23.5 Å². The molecule has 1 aliphatic carbocycles. The molecule has 0 spiro atoms. The molecular formula is C17H17ClN4O4. The molecule has 0 saturated heterocycles. The van der Waals surface area contributed by atoms with Crippen LogP contribution in [0.3, 0.4) is 0 Å². The van der Waals surface area contributed by atoms with Crippen LogP contribution in [0.1, 0.15) is 44.9 Å². The second-order valence-electron chi connectivity index (χ2n) is 6.74. The van der Waals surface area contributed by atoms with Crippen molar-refractivity contribution in [1.29, 1.82) is 0 Å². The summed E-state index contributed by atoms with van der Waals surface area (Å²) in [6, 6.07) is 1.33. The minimum Gasteiger partial charge on any atom is -0.476 e. The largest absolute Gasteiger partial charge is 0.476 e. The van der Waals surface area contributed by atoms with Gasteiger partial charge in [0.1, 0.15) is 5.56 Å². The minimum atomic E-state index is -1.11. The van der Waals surface area contributed by atoms with E-state index in [1.165, 1.54) is 17.2 Å². The summed E-state index contributed by atoms with van der Waals surface area (Å²) in [5.41, 5.74) is 0.837. The number of aromatic amines is 1. The van der Waals surface area contributed by atoms with Crippen LogP contribution in [0.4, 0.5) is 0 Å². The third-order valence-corrected chi connectivity index (χ3v) is 5.07. The molecule has 1 amide bonds. The zero-order chi connectivity index (χ0) is 18.4. The van der Waals surface area contributed by atoms with Crippen molar-refractivity contribution < 1.29 is 14.7 Å². The van der Waals surface area contributed by atoms with E-state index in [1.54, 1.807) is 4.68 Å². The van der Waals surface area contributed by atoms with Gasteiger partial charge in [0.25, 0.3) is 11.5 Å². The van der Waals surface area contributed by atoms with Gasteiger partial charge in [-0.3, -0.25) is 14.3 Å². The Labute approximate surface area is 153 Å². The van der Waals surface area contributed by atoms with Gasteiger partial charge in [-0.15, -0.1) is 0 Å². The number of amides is 1. The molecular weight excluding hydrogens is 360 g/mol. The molecule has 3 heterocycles. The van der Waals surface area contributed by atoms with Crippen molar-refractivity contribution in [1.82, 2.24) is 19.7 Å². The molecule has 9 heteroatoms. The van der Waals surface area contributed by atoms with Crippen molar-refractivity contribution in [2.75, 3.05) is 6.54 Å². The monoisotopic (exact) mass is 376 g/mol. The molecule has 2 N–H and O–H groups in total. The first-order chi connectivity index (χ1) is 12.4. The van der Waals surface area contributed by atoms with Crippen molar-refractivity contribution in [3.8, 4) is 0 Å². The topological polar surface area (TPSA) is 108 Å². The zero-order valence-electron chi connectivity index (χ0n) is 13.9. The number of pyridine rings is 1. The van der Waals surface area contributed by atoms with Gasteiger partial charge in [-0.1, -0.05) is 11.6 Å². The third-order valence-electron chi connectivity index (χ3n) is 4.85. The SMILES string of the molecule is O=C(O)c1nn(CC2CC2)c2c1CN(C(=O)c1cc(Cl)c[nH]c1=O)CC2. The van der Waals surface area contributed by atoms with Crippen molar-refractivity contribution in [2.24, 2.45) is 5.92 Å². The van der Waals surface area contributed by atoms with E-state index in [0.29, 0.717) is 24.4 Å². The van der Waals surface area contributed by atoms with Crippen LogP contribution in [0.15, 0.2) is 17.1 Å². The summed E-state index contributed by atoms with van der Waals surface area (Å²) in [5, 5.41) is 14.0. The van der Waals surface area contributed by atoms with Crippen LogP contribution in [0.25, 0.3) is 0 Å². The Balaban J connectivity index is 1.65. The number of aromatic carboxylic acids is 1. The fourth-order valence-electron chi connectivity index (χ4n) is 3.32. The van der Waals surface area contributed by atoms with Gasteiger partial charge in [0.05, 0.1) is 11.6 Å². The average molecular weight is 377 g/mol. The second kappa shape index (κ2) is 6.28. The third kappa shape index (κ3) is 3.01. The lowest BCUT2D eigenvalue weighted by molar-refractivity contribution is 0.0673. The molecule has 0 bridgehead atoms. The maximum absolute atomic E-state index is 12.7. The minimum absolute atomic E-state index is 0.0156. The molecule has 136 valence electrons. The van der Waals surface area contributed by atoms with Gasteiger partial charge in [0, 0.05) is 37.0 Å². The van der Waals surface area contributed by atoms with Gasteiger partial charge < -0.3 is 15.0 Å². The number of nitrogens with zero attached hydrogens (tertiary/aromatic N) is 3. The van der Waals surface area contributed by atoms with E-state index >= 15 is 0 Å². The van der Waals surface area contributed by atoms with E-state index in [1.807, 2.05) is 0 Å². The molecule has 0 aromatic carbocycles. The van der Waals surface area contributed by atoms with E-state index in [2.05, 4.69) is 10.1 Å². The van der Waals surface area contributed by atoms with Gasteiger partial charge in [0.15, 0.2) is 5.69 Å². The van der Waals surface area contributed by atoms with Crippen LogP contribution in [-0.2, 0) is 19.5 Å². The van der Waals surface area contributed by atoms with Crippen molar-refractivity contribution in [3.05, 3.63) is 50.2 Å². The van der Waals surface area contributed by atoms with Crippen LogP contribution >= 0.6 is 11.6 Å². The van der Waals surface area contributed by atoms with E-state index in [4.69, 9.17) is 11.6 Å². The molecule has 0 radical (unpaired) electrons. The number of hydrogen-bond acceptors (Lipinski definition) is 4. The fourth-order valence-corrected chi connectivity index (χ4v) is 3.48. The Morgan fingerprint density at radius 1 is 1.38 bits per heavy atom. The number of halogens is 1. The molecule has 1 aliphatic heterocycles. The predicted molar refractivity (Wildman–Crippen MR) is 92.4 cm³/mol. The number of carbonyl (C=O) groups is 2. The summed E-state index contributed by atoms with van der Waals surface area (Å²) >= 11 is 5.87. The van der Waals surface area contributed by atoms with Gasteiger partial charge in [0.2, 0.25) is 0 Å². The van der Waals surface area contributed by atoms with Crippen LogP contribution in [-0.4, -0.2) is 43.2 Å². The highest BCUT2D eigenvalue weighted by molar-refractivity contribution is 6.30. The predicted octanol–water partition coefficient (Wildman–Crippen LogP) is 1.53. The number of fused-ring (bicyclic) bond motifs is 1. The van der Waals surface area contributed by atoms with Gasteiger partial charge in [-0.2, -0.15) is 5.10 Å². The highest BCUT2D eigenvalue weighted by atomic mass is 35.5. The molecule has 26 heavy (non-hydrogen) atoms. The smallest absolute Gasteiger partial charge is 0.356 e. The Morgan fingerprint density at radius 3 is 2.85 bits per heavy atom. The molecule has 2 aliphatic rings. The Bertz CT molecular complexity index is 960. The highest BCUT2D eigenvalue weighted by Gasteiger charge is 2.33. The first-order valence-corrected chi connectivity index (χ1v) is 8.81. The molecule has 0 unspecified atom stereocenters. The molecule has 8 nitrogen and oxygen atoms in total. The summed E-state index contributed by atoms with van der Waals surface area (Å²) in [6.45, 7) is 1.23. The molecule has 2 aromatic rings. The zero-order valence-corrected chi connectivity index (χ0v) is 14.6. The lowest BCUT2D eigenvalue weighted by Crippen LogP contribution is -2.39. The summed E-state index contributed by atoms with van der Waals surface area (Å²) < 4.78 is 1.78.